The predicted octanol–water partition coefficient (Wildman–Crippen LogP) is 2.46. The lowest BCUT2D eigenvalue weighted by atomic mass is 10.0. The SMILES string of the molecule is CC(c1ccc(C(F)(F)F)nc1)n1nc2n(c1=O)[C@H](C(=O)N1C[C@@H](F)[C@@H](F)C1)CCC2. The third kappa shape index (κ3) is 3.83. The molecule has 0 aromatic carbocycles. The molecule has 0 bridgehead atoms. The fourth-order valence-corrected chi connectivity index (χ4v) is 4.06. The van der Waals surface area contributed by atoms with E-state index in [-0.39, 0.29) is 13.1 Å². The lowest BCUT2D eigenvalue weighted by molar-refractivity contribution is -0.141. The van der Waals surface area contributed by atoms with Crippen LogP contribution in [0.3, 0.4) is 0 Å². The van der Waals surface area contributed by atoms with Gasteiger partial charge in [0.1, 0.15) is 17.6 Å². The third-order valence-electron chi connectivity index (χ3n) is 5.80. The molecule has 0 saturated carbocycles. The van der Waals surface area contributed by atoms with Gasteiger partial charge in [0.2, 0.25) is 5.91 Å². The number of rotatable bonds is 3. The van der Waals surface area contributed by atoms with Crippen molar-refractivity contribution in [1.82, 2.24) is 24.2 Å². The van der Waals surface area contributed by atoms with E-state index in [2.05, 4.69) is 10.1 Å². The Kier molecular flexibility index (Phi) is 5.34. The summed E-state index contributed by atoms with van der Waals surface area (Å²) in [4.78, 5) is 30.4. The lowest BCUT2D eigenvalue weighted by Gasteiger charge is -2.26. The van der Waals surface area contributed by atoms with Crippen LogP contribution in [0.1, 0.15) is 48.9 Å². The Balaban J connectivity index is 1.63. The number of hydrogen-bond acceptors (Lipinski definition) is 4. The van der Waals surface area contributed by atoms with Crippen molar-refractivity contribution in [3.05, 3.63) is 45.9 Å². The van der Waals surface area contributed by atoms with Gasteiger partial charge in [-0.15, -0.1) is 0 Å². The molecule has 168 valence electrons. The van der Waals surface area contributed by atoms with Crippen LogP contribution in [-0.2, 0) is 17.4 Å². The molecule has 1 unspecified atom stereocenters. The fourth-order valence-electron chi connectivity index (χ4n) is 4.06. The number of likely N-dealkylation sites (tertiary alicyclic amines) is 1. The van der Waals surface area contributed by atoms with Gasteiger partial charge in [-0.3, -0.25) is 14.3 Å². The van der Waals surface area contributed by atoms with Crippen molar-refractivity contribution in [2.45, 2.75) is 56.8 Å². The van der Waals surface area contributed by atoms with Gasteiger partial charge in [0, 0.05) is 12.6 Å². The summed E-state index contributed by atoms with van der Waals surface area (Å²) in [7, 11) is 0. The van der Waals surface area contributed by atoms with Crippen molar-refractivity contribution >= 4 is 5.91 Å². The van der Waals surface area contributed by atoms with Gasteiger partial charge >= 0.3 is 11.9 Å². The van der Waals surface area contributed by atoms with Crippen LogP contribution in [0.15, 0.2) is 23.1 Å². The van der Waals surface area contributed by atoms with Crippen molar-refractivity contribution in [2.75, 3.05) is 13.1 Å². The van der Waals surface area contributed by atoms with E-state index < -0.39 is 47.9 Å². The van der Waals surface area contributed by atoms with Crippen molar-refractivity contribution in [2.24, 2.45) is 0 Å². The maximum Gasteiger partial charge on any atom is 0.433 e. The van der Waals surface area contributed by atoms with Gasteiger partial charge in [0.05, 0.1) is 19.1 Å². The number of aromatic nitrogens is 4. The third-order valence-corrected chi connectivity index (χ3v) is 5.80. The normalized spacial score (nSPS) is 24.8. The van der Waals surface area contributed by atoms with Crippen LogP contribution in [0.5, 0.6) is 0 Å². The maximum absolute atomic E-state index is 13.5. The van der Waals surface area contributed by atoms with Gasteiger partial charge in [-0.1, -0.05) is 6.07 Å². The second-order valence-corrected chi connectivity index (χ2v) is 7.85. The molecule has 0 spiro atoms. The van der Waals surface area contributed by atoms with Crippen molar-refractivity contribution in [1.29, 1.82) is 0 Å². The zero-order chi connectivity index (χ0) is 22.5. The summed E-state index contributed by atoms with van der Waals surface area (Å²) in [6.07, 6.45) is -5.72. The molecule has 4 atom stereocenters. The average Bonchev–Trinajstić information content (AvgIpc) is 3.25. The minimum absolute atomic E-state index is 0.331. The summed E-state index contributed by atoms with van der Waals surface area (Å²) in [5.41, 5.74) is -1.31. The van der Waals surface area contributed by atoms with Crippen LogP contribution >= 0.6 is 0 Å². The Labute approximate surface area is 173 Å². The minimum Gasteiger partial charge on any atom is -0.335 e. The van der Waals surface area contributed by atoms with E-state index in [4.69, 9.17) is 0 Å². The average molecular weight is 445 g/mol. The summed E-state index contributed by atoms with van der Waals surface area (Å²) < 4.78 is 67.6. The molecule has 1 amide bonds. The molecule has 0 radical (unpaired) electrons. The van der Waals surface area contributed by atoms with Gasteiger partial charge in [-0.05, 0) is 31.4 Å². The largest absolute Gasteiger partial charge is 0.433 e. The van der Waals surface area contributed by atoms with Gasteiger partial charge in [0.25, 0.3) is 0 Å². The van der Waals surface area contributed by atoms with E-state index in [1.807, 2.05) is 0 Å². The number of fused-ring (bicyclic) bond motifs is 1. The number of nitrogens with zero attached hydrogens (tertiary/aromatic N) is 5. The first-order valence-electron chi connectivity index (χ1n) is 9.88. The number of halogens is 5. The number of carbonyl (C=O) groups excluding carboxylic acids is 1. The molecule has 4 rings (SSSR count). The van der Waals surface area contributed by atoms with E-state index in [0.29, 0.717) is 30.7 Å². The van der Waals surface area contributed by atoms with Gasteiger partial charge < -0.3 is 4.90 Å². The Morgan fingerprint density at radius 1 is 1.19 bits per heavy atom. The summed E-state index contributed by atoms with van der Waals surface area (Å²) in [6, 6.07) is 0.405. The molecule has 0 aliphatic carbocycles. The predicted molar refractivity (Wildman–Crippen MR) is 97.9 cm³/mol. The molecule has 0 N–H and O–H groups in total. The Morgan fingerprint density at radius 2 is 1.87 bits per heavy atom. The minimum atomic E-state index is -4.58. The highest BCUT2D eigenvalue weighted by molar-refractivity contribution is 5.81. The number of aryl methyl sites for hydroxylation is 1. The number of alkyl halides is 5. The first-order chi connectivity index (χ1) is 14.6. The first-order valence-corrected chi connectivity index (χ1v) is 9.88. The summed E-state index contributed by atoms with van der Waals surface area (Å²) >= 11 is 0. The van der Waals surface area contributed by atoms with Gasteiger partial charge in [-0.25, -0.2) is 18.3 Å². The van der Waals surface area contributed by atoms with Crippen LogP contribution in [-0.4, -0.2) is 55.6 Å². The van der Waals surface area contributed by atoms with Crippen LogP contribution in [0, 0.1) is 0 Å². The molecule has 2 aromatic rings. The van der Waals surface area contributed by atoms with E-state index in [1.165, 1.54) is 10.6 Å². The van der Waals surface area contributed by atoms with E-state index in [1.54, 1.807) is 6.92 Å². The highest BCUT2D eigenvalue weighted by atomic mass is 19.4. The van der Waals surface area contributed by atoms with Crippen LogP contribution in [0.2, 0.25) is 0 Å². The fraction of sp³-hybridized carbons (Fsp3) is 0.579. The molecule has 2 aliphatic heterocycles. The van der Waals surface area contributed by atoms with E-state index in [9.17, 15) is 31.5 Å². The topological polar surface area (TPSA) is 73.0 Å². The summed E-state index contributed by atoms with van der Waals surface area (Å²) in [5.74, 6) is -0.177. The van der Waals surface area contributed by atoms with E-state index >= 15 is 0 Å². The smallest absolute Gasteiger partial charge is 0.335 e. The molecular weight excluding hydrogens is 425 g/mol. The Bertz CT molecular complexity index is 1020. The number of pyridine rings is 1. The van der Waals surface area contributed by atoms with Gasteiger partial charge in [0.15, 0.2) is 12.3 Å². The molecule has 31 heavy (non-hydrogen) atoms. The van der Waals surface area contributed by atoms with Gasteiger partial charge in [-0.2, -0.15) is 18.3 Å². The lowest BCUT2D eigenvalue weighted by Crippen LogP contribution is -2.42. The summed E-state index contributed by atoms with van der Waals surface area (Å²) in [5, 5.41) is 4.29. The molecule has 7 nitrogen and oxygen atoms in total. The van der Waals surface area contributed by atoms with Crippen molar-refractivity contribution in [3.63, 3.8) is 0 Å². The molecule has 2 aliphatic rings. The zero-order valence-corrected chi connectivity index (χ0v) is 16.5. The standard InChI is InChI=1S/C19H20F5N5O2/c1-10(11-5-6-15(25-7-11)19(22,23)24)29-18(31)28-14(3-2-4-16(28)26-29)17(30)27-8-12(20)13(21)9-27/h5-7,10,12-14H,2-4,8-9H2,1H3/t10?,12-,13+,14-/m0/s1. The highest BCUT2D eigenvalue weighted by Gasteiger charge is 2.40. The van der Waals surface area contributed by atoms with Crippen molar-refractivity contribution in [3.8, 4) is 0 Å². The second-order valence-electron chi connectivity index (χ2n) is 7.85. The summed E-state index contributed by atoms with van der Waals surface area (Å²) in [6.45, 7) is 0.869. The molecule has 1 saturated heterocycles. The van der Waals surface area contributed by atoms with Crippen molar-refractivity contribution < 1.29 is 26.7 Å². The number of hydrogen-bond donors (Lipinski definition) is 0. The molecule has 1 fully saturated rings. The molecule has 4 heterocycles. The molecule has 2 aromatic heterocycles. The number of amides is 1. The quantitative estimate of drug-likeness (QED) is 0.681. The number of carbonyl (C=O) groups is 1. The second kappa shape index (κ2) is 7.72. The van der Waals surface area contributed by atoms with Crippen LogP contribution in [0.4, 0.5) is 22.0 Å². The van der Waals surface area contributed by atoms with Crippen LogP contribution in [0.25, 0.3) is 0 Å². The van der Waals surface area contributed by atoms with Crippen LogP contribution < -0.4 is 5.69 Å². The Hall–Kier alpha value is -2.79. The highest BCUT2D eigenvalue weighted by Crippen LogP contribution is 2.30. The maximum atomic E-state index is 13.5. The van der Waals surface area contributed by atoms with E-state index in [0.717, 1.165) is 21.8 Å². The monoisotopic (exact) mass is 445 g/mol. The first kappa shape index (κ1) is 21.4. The zero-order valence-electron chi connectivity index (χ0n) is 16.5. The molecule has 12 heteroatoms. The Morgan fingerprint density at radius 3 is 2.45 bits per heavy atom. The molecular formula is C19H20F5N5O2.